The van der Waals surface area contributed by atoms with Crippen LogP contribution >= 0.6 is 0 Å². The average Bonchev–Trinajstić information content (AvgIpc) is 3.21. The van der Waals surface area contributed by atoms with Gasteiger partial charge in [-0.2, -0.15) is 4.39 Å². The van der Waals surface area contributed by atoms with Crippen LogP contribution in [0.15, 0.2) is 42.6 Å². The number of aliphatic hydroxyl groups is 1. The Balaban J connectivity index is 1.75. The second kappa shape index (κ2) is 9.56. The van der Waals surface area contributed by atoms with E-state index in [1.807, 2.05) is 0 Å². The van der Waals surface area contributed by atoms with E-state index in [1.54, 1.807) is 6.07 Å². The molecule has 0 spiro atoms. The van der Waals surface area contributed by atoms with Crippen LogP contribution in [-0.2, 0) is 28.5 Å². The van der Waals surface area contributed by atoms with Gasteiger partial charge in [-0.25, -0.2) is 31.9 Å². The number of aromatic hydroxyl groups is 1. The third-order valence-electron chi connectivity index (χ3n) is 6.27. The van der Waals surface area contributed by atoms with E-state index in [2.05, 4.69) is 14.7 Å². The van der Waals surface area contributed by atoms with Gasteiger partial charge in [0.15, 0.2) is 11.6 Å². The van der Waals surface area contributed by atoms with Gasteiger partial charge in [-0.15, -0.1) is 0 Å². The van der Waals surface area contributed by atoms with Crippen molar-refractivity contribution in [1.82, 2.24) is 14.7 Å². The number of hydrogen-bond donors (Lipinski definition) is 3. The van der Waals surface area contributed by atoms with Crippen molar-refractivity contribution in [3.63, 3.8) is 0 Å². The molecule has 1 fully saturated rings. The Bertz CT molecular complexity index is 1370. The fourth-order valence-electron chi connectivity index (χ4n) is 4.75. The highest BCUT2D eigenvalue weighted by atomic mass is 32.2. The lowest BCUT2D eigenvalue weighted by Crippen LogP contribution is -2.35. The number of phenolic OH excluding ortho intramolecular Hbond substituents is 1. The Morgan fingerprint density at radius 2 is 1.86 bits per heavy atom. The molecule has 35 heavy (non-hydrogen) atoms. The minimum Gasteiger partial charge on any atom is -0.504 e. The van der Waals surface area contributed by atoms with Crippen molar-refractivity contribution in [2.45, 2.75) is 43.7 Å². The Labute approximate surface area is 200 Å². The second-order valence-electron chi connectivity index (χ2n) is 8.89. The largest absolute Gasteiger partial charge is 0.504 e. The van der Waals surface area contributed by atoms with Gasteiger partial charge in [-0.3, -0.25) is 0 Å². The first-order valence-electron chi connectivity index (χ1n) is 10.9. The summed E-state index contributed by atoms with van der Waals surface area (Å²) in [6, 6.07) is 7.25. The molecule has 2 atom stereocenters. The van der Waals surface area contributed by atoms with E-state index in [-0.39, 0.29) is 30.2 Å². The topological polar surface area (TPSA) is 112 Å². The maximum Gasteiger partial charge on any atom is 0.208 e. The highest BCUT2D eigenvalue weighted by Crippen LogP contribution is 2.43. The van der Waals surface area contributed by atoms with Crippen LogP contribution in [0.25, 0.3) is 11.1 Å². The lowest BCUT2D eigenvalue weighted by Gasteiger charge is -2.29. The molecule has 2 aromatic carbocycles. The summed E-state index contributed by atoms with van der Waals surface area (Å²) in [5, 5.41) is 19.6. The van der Waals surface area contributed by atoms with E-state index in [0.29, 0.717) is 36.3 Å². The number of aromatic nitrogens is 2. The van der Waals surface area contributed by atoms with Gasteiger partial charge < -0.3 is 10.2 Å². The van der Waals surface area contributed by atoms with Crippen LogP contribution in [0.3, 0.4) is 0 Å². The molecule has 1 aliphatic carbocycles. The van der Waals surface area contributed by atoms with Crippen molar-refractivity contribution in [3.05, 3.63) is 77.1 Å². The molecule has 0 bridgehead atoms. The Morgan fingerprint density at radius 1 is 1.11 bits per heavy atom. The molecule has 186 valence electrons. The van der Waals surface area contributed by atoms with Gasteiger partial charge in [-0.05, 0) is 61.6 Å². The van der Waals surface area contributed by atoms with E-state index in [9.17, 15) is 31.8 Å². The van der Waals surface area contributed by atoms with Crippen molar-refractivity contribution in [2.24, 2.45) is 0 Å². The molecule has 0 amide bonds. The van der Waals surface area contributed by atoms with Crippen LogP contribution in [0.2, 0.25) is 0 Å². The lowest BCUT2D eigenvalue weighted by atomic mass is 9.78. The Morgan fingerprint density at radius 3 is 2.57 bits per heavy atom. The number of nitrogens with one attached hydrogen (secondary N) is 1. The number of benzene rings is 2. The van der Waals surface area contributed by atoms with Crippen molar-refractivity contribution in [1.29, 1.82) is 0 Å². The van der Waals surface area contributed by atoms with Gasteiger partial charge in [0.1, 0.15) is 11.6 Å². The normalized spacial score (nSPS) is 20.3. The summed E-state index contributed by atoms with van der Waals surface area (Å²) in [5.74, 6) is -4.02. The molecule has 0 radical (unpaired) electrons. The molecule has 0 aliphatic heterocycles. The number of hydrogen-bond acceptors (Lipinski definition) is 6. The number of sulfonamides is 1. The number of nitrogens with zero attached hydrogens (tertiary/aromatic N) is 2. The van der Waals surface area contributed by atoms with E-state index >= 15 is 0 Å². The van der Waals surface area contributed by atoms with Crippen LogP contribution in [0.1, 0.15) is 36.3 Å². The van der Waals surface area contributed by atoms with Gasteiger partial charge in [0, 0.05) is 28.8 Å². The summed E-state index contributed by atoms with van der Waals surface area (Å²) in [7, 11) is -3.46. The van der Waals surface area contributed by atoms with E-state index in [0.717, 1.165) is 18.4 Å². The zero-order chi connectivity index (χ0) is 25.4. The first kappa shape index (κ1) is 25.1. The summed E-state index contributed by atoms with van der Waals surface area (Å²) >= 11 is 0. The van der Waals surface area contributed by atoms with Crippen molar-refractivity contribution < 1.29 is 31.8 Å². The second-order valence-corrected chi connectivity index (χ2v) is 10.7. The predicted octanol–water partition coefficient (Wildman–Crippen LogP) is 3.34. The van der Waals surface area contributed by atoms with Crippen LogP contribution in [0.5, 0.6) is 5.75 Å². The van der Waals surface area contributed by atoms with Gasteiger partial charge in [0.25, 0.3) is 0 Å². The number of rotatable bonds is 7. The summed E-state index contributed by atoms with van der Waals surface area (Å²) in [6.45, 7) is -0.299. The van der Waals surface area contributed by atoms with Crippen molar-refractivity contribution in [3.8, 4) is 16.9 Å². The molecule has 7 nitrogen and oxygen atoms in total. The summed E-state index contributed by atoms with van der Waals surface area (Å²) in [4.78, 5) is 8.86. The fraction of sp³-hybridized carbons (Fsp3) is 0.333. The molecule has 1 heterocycles. The van der Waals surface area contributed by atoms with E-state index in [4.69, 9.17) is 0 Å². The van der Waals surface area contributed by atoms with Gasteiger partial charge >= 0.3 is 0 Å². The number of aliphatic hydroxyl groups excluding tert-OH is 1. The molecular formula is C24H24F3N3O4S. The van der Waals surface area contributed by atoms with Gasteiger partial charge in [0.2, 0.25) is 15.8 Å². The first-order valence-corrected chi connectivity index (χ1v) is 12.8. The molecule has 1 saturated carbocycles. The minimum atomic E-state index is -3.46. The van der Waals surface area contributed by atoms with Crippen LogP contribution in [0.4, 0.5) is 13.2 Å². The maximum atomic E-state index is 14.7. The van der Waals surface area contributed by atoms with Crippen LogP contribution < -0.4 is 4.72 Å². The molecule has 4 rings (SSSR count). The monoisotopic (exact) mass is 507 g/mol. The summed E-state index contributed by atoms with van der Waals surface area (Å²) in [5.41, 5.74) is -0.0377. The van der Waals surface area contributed by atoms with E-state index in [1.165, 1.54) is 24.4 Å². The Hall–Kier alpha value is -3.02. The highest BCUT2D eigenvalue weighted by Gasteiger charge is 2.44. The highest BCUT2D eigenvalue weighted by molar-refractivity contribution is 7.88. The zero-order valence-electron chi connectivity index (χ0n) is 18.8. The SMILES string of the molecule is CS(=O)(=O)N[C@H]1CC[C@](Cc2ccc(F)c(-c3ccc(F)c(F)c3O)c2)(c2nccc(CO)n2)C1. The molecule has 1 aromatic heterocycles. The van der Waals surface area contributed by atoms with Gasteiger partial charge in [0.05, 0.1) is 18.6 Å². The molecule has 0 saturated heterocycles. The van der Waals surface area contributed by atoms with Gasteiger partial charge in [-0.1, -0.05) is 6.07 Å². The van der Waals surface area contributed by atoms with Crippen molar-refractivity contribution >= 4 is 10.0 Å². The minimum absolute atomic E-state index is 0.108. The lowest BCUT2D eigenvalue weighted by molar-refractivity contribution is 0.274. The first-order chi connectivity index (χ1) is 16.5. The maximum absolute atomic E-state index is 14.7. The van der Waals surface area contributed by atoms with Crippen LogP contribution in [-0.4, -0.2) is 40.9 Å². The third kappa shape index (κ3) is 5.31. The summed E-state index contributed by atoms with van der Waals surface area (Å²) in [6.07, 6.45) is 4.26. The number of phenols is 1. The van der Waals surface area contributed by atoms with Crippen LogP contribution in [0, 0.1) is 17.5 Å². The molecule has 11 heteroatoms. The molecule has 0 unspecified atom stereocenters. The average molecular weight is 508 g/mol. The smallest absolute Gasteiger partial charge is 0.208 e. The zero-order valence-corrected chi connectivity index (χ0v) is 19.6. The number of halogens is 3. The molecular weight excluding hydrogens is 483 g/mol. The molecule has 1 aliphatic rings. The van der Waals surface area contributed by atoms with Crippen molar-refractivity contribution in [2.75, 3.05) is 6.26 Å². The Kier molecular flexibility index (Phi) is 6.85. The van der Waals surface area contributed by atoms with E-state index < -0.39 is 38.6 Å². The summed E-state index contributed by atoms with van der Waals surface area (Å²) < 4.78 is 68.3. The fourth-order valence-corrected chi connectivity index (χ4v) is 5.56. The molecule has 3 N–H and O–H groups in total. The molecule has 3 aromatic rings. The standard InChI is InChI=1S/C24H24F3N3O4S/c1-35(33,34)30-15-6-8-24(12-15,23-28-9-7-16(13-31)29-23)11-14-2-4-19(25)18(10-14)17-3-5-20(26)21(27)22(17)32/h2-5,7,9-10,15,30-32H,6,8,11-13H2,1H3/t15-,24+/m0/s1. The quantitative estimate of drug-likeness (QED) is 0.452. The predicted molar refractivity (Wildman–Crippen MR) is 122 cm³/mol. The third-order valence-corrected chi connectivity index (χ3v) is 7.03.